The van der Waals surface area contributed by atoms with Gasteiger partial charge in [0.25, 0.3) is 0 Å². The highest BCUT2D eigenvalue weighted by Gasteiger charge is 2.52. The molecular weight excluding hydrogens is 440 g/mol. The Hall–Kier alpha value is -2.89. The summed E-state index contributed by atoms with van der Waals surface area (Å²) >= 11 is 0. The third-order valence-corrected chi connectivity index (χ3v) is 4.58. The fourth-order valence-electron chi connectivity index (χ4n) is 3.14. The molecule has 0 bridgehead atoms. The molecule has 2 N–H and O–H groups in total. The van der Waals surface area contributed by atoms with Crippen LogP contribution in [-0.2, 0) is 38.1 Å². The first-order valence-electron chi connectivity index (χ1n) is 11.0. The minimum atomic E-state index is -1.46. The van der Waals surface area contributed by atoms with Crippen LogP contribution in [0.4, 0.5) is 0 Å². The predicted molar refractivity (Wildman–Crippen MR) is 112 cm³/mol. The quantitative estimate of drug-likeness (QED) is 0.131. The topological polar surface area (TPSA) is 186 Å². The summed E-state index contributed by atoms with van der Waals surface area (Å²) in [6.45, 7) is 4.06. The van der Waals surface area contributed by atoms with Crippen LogP contribution in [0.3, 0.4) is 0 Å². The molecule has 186 valence electrons. The van der Waals surface area contributed by atoms with E-state index in [-0.39, 0.29) is 19.3 Å². The number of ether oxygens (including phenoxy) is 4. The number of amides is 1. The van der Waals surface area contributed by atoms with Crippen LogP contribution in [-0.4, -0.2) is 72.7 Å². The van der Waals surface area contributed by atoms with E-state index in [1.54, 1.807) is 20.8 Å². The Kier molecular flexibility index (Phi) is 12.8. The summed E-state index contributed by atoms with van der Waals surface area (Å²) in [6, 6.07) is -1.30. The van der Waals surface area contributed by atoms with Gasteiger partial charge in [-0.25, -0.2) is 0 Å². The van der Waals surface area contributed by atoms with Crippen LogP contribution < -0.4 is 5.32 Å². The number of esters is 3. The fourth-order valence-corrected chi connectivity index (χ4v) is 3.14. The minimum absolute atomic E-state index is 0.0382. The molecule has 1 aliphatic rings. The van der Waals surface area contributed by atoms with E-state index in [2.05, 4.69) is 15.3 Å². The number of rotatable bonds is 13. The van der Waals surface area contributed by atoms with E-state index in [0.29, 0.717) is 19.3 Å². The van der Waals surface area contributed by atoms with Crippen LogP contribution in [0.25, 0.3) is 10.4 Å². The highest BCUT2D eigenvalue weighted by Crippen LogP contribution is 2.28. The van der Waals surface area contributed by atoms with Crippen LogP contribution in [0, 0.1) is 0 Å². The average Bonchev–Trinajstić information content (AvgIpc) is 2.76. The molecule has 13 heteroatoms. The van der Waals surface area contributed by atoms with Crippen LogP contribution in [0.1, 0.15) is 59.3 Å². The molecule has 13 nitrogen and oxygen atoms in total. The molecule has 0 radical (unpaired) electrons. The number of carbonyl (C=O) groups excluding carboxylic acids is 4. The van der Waals surface area contributed by atoms with Crippen molar-refractivity contribution in [2.45, 2.75) is 89.9 Å². The van der Waals surface area contributed by atoms with Gasteiger partial charge in [0, 0.05) is 24.2 Å². The second kappa shape index (κ2) is 15.0. The summed E-state index contributed by atoms with van der Waals surface area (Å²) in [5.41, 5.74) is 8.47. The van der Waals surface area contributed by atoms with E-state index in [1.807, 2.05) is 0 Å². The van der Waals surface area contributed by atoms with Gasteiger partial charge in [0.15, 0.2) is 12.2 Å². The molecule has 0 aromatic rings. The number of hydrogen-bond donors (Lipinski definition) is 2. The van der Waals surface area contributed by atoms with Gasteiger partial charge in [-0.1, -0.05) is 25.9 Å². The van der Waals surface area contributed by atoms with Crippen LogP contribution in [0.2, 0.25) is 0 Å². The van der Waals surface area contributed by atoms with Crippen molar-refractivity contribution >= 4 is 23.8 Å². The number of nitrogens with zero attached hydrogens (tertiary/aromatic N) is 3. The van der Waals surface area contributed by atoms with Crippen molar-refractivity contribution in [3.63, 3.8) is 0 Å². The number of azide groups is 1. The molecule has 0 spiro atoms. The van der Waals surface area contributed by atoms with Gasteiger partial charge in [-0.3, -0.25) is 19.2 Å². The first kappa shape index (κ1) is 28.1. The maximum Gasteiger partial charge on any atom is 0.308 e. The molecule has 1 rings (SSSR count). The number of aliphatic hydroxyl groups excluding tert-OH is 1. The van der Waals surface area contributed by atoms with Gasteiger partial charge < -0.3 is 29.4 Å². The molecule has 1 heterocycles. The van der Waals surface area contributed by atoms with E-state index in [0.717, 1.165) is 0 Å². The molecule has 0 aromatic heterocycles. The maximum atomic E-state index is 12.3. The second-order valence-corrected chi connectivity index (χ2v) is 7.36. The maximum absolute atomic E-state index is 12.3. The molecule has 0 aromatic carbocycles. The largest absolute Gasteiger partial charge is 0.456 e. The molecule has 1 fully saturated rings. The monoisotopic (exact) mass is 472 g/mol. The highest BCUT2D eigenvalue weighted by atomic mass is 16.7. The van der Waals surface area contributed by atoms with Crippen molar-refractivity contribution in [2.75, 3.05) is 13.2 Å². The Morgan fingerprint density at radius 1 is 0.939 bits per heavy atom. The van der Waals surface area contributed by atoms with Crippen molar-refractivity contribution in [2.24, 2.45) is 5.11 Å². The SMILES string of the molecule is CCCC(=O)O[C@@H]1OC(CO)[C@H](OC(=O)CCC)[C@H](OC(=O)CCC)C1NC(=O)CN=[N+]=[N-]. The van der Waals surface area contributed by atoms with Crippen LogP contribution in [0.15, 0.2) is 5.11 Å². The molecule has 1 amide bonds. The van der Waals surface area contributed by atoms with E-state index in [9.17, 15) is 24.3 Å². The van der Waals surface area contributed by atoms with Crippen molar-refractivity contribution in [1.29, 1.82) is 0 Å². The summed E-state index contributed by atoms with van der Waals surface area (Å²) in [4.78, 5) is 51.5. The van der Waals surface area contributed by atoms with Gasteiger partial charge in [-0.2, -0.15) is 0 Å². The smallest absolute Gasteiger partial charge is 0.308 e. The van der Waals surface area contributed by atoms with Crippen LogP contribution >= 0.6 is 0 Å². The summed E-state index contributed by atoms with van der Waals surface area (Å²) < 4.78 is 22.0. The predicted octanol–water partition coefficient (Wildman–Crippen LogP) is 1.27. The lowest BCUT2D eigenvalue weighted by Gasteiger charge is -2.44. The zero-order chi connectivity index (χ0) is 24.8. The Morgan fingerprint density at radius 3 is 1.94 bits per heavy atom. The lowest BCUT2D eigenvalue weighted by molar-refractivity contribution is -0.271. The Morgan fingerprint density at radius 2 is 1.45 bits per heavy atom. The third-order valence-electron chi connectivity index (χ3n) is 4.58. The fraction of sp³-hybridized carbons (Fsp3) is 0.800. The highest BCUT2D eigenvalue weighted by molar-refractivity contribution is 5.79. The normalized spacial score (nSPS) is 24.2. The number of hydrogen-bond acceptors (Lipinski definition) is 10. The lowest BCUT2D eigenvalue weighted by Crippen LogP contribution is -2.67. The summed E-state index contributed by atoms with van der Waals surface area (Å²) in [7, 11) is 0. The molecular formula is C20H32N4O9. The third kappa shape index (κ3) is 9.24. The van der Waals surface area contributed by atoms with Gasteiger partial charge in [-0.05, 0) is 24.8 Å². The zero-order valence-corrected chi connectivity index (χ0v) is 19.1. The molecule has 0 aliphatic carbocycles. The Labute approximate surface area is 191 Å². The molecule has 1 saturated heterocycles. The molecule has 1 aliphatic heterocycles. The van der Waals surface area contributed by atoms with Gasteiger partial charge in [0.1, 0.15) is 18.7 Å². The lowest BCUT2D eigenvalue weighted by atomic mass is 9.96. The van der Waals surface area contributed by atoms with E-state index < -0.39 is 67.6 Å². The average molecular weight is 472 g/mol. The van der Waals surface area contributed by atoms with Crippen molar-refractivity contribution < 1.29 is 43.2 Å². The van der Waals surface area contributed by atoms with Gasteiger partial charge in [0.2, 0.25) is 12.2 Å². The van der Waals surface area contributed by atoms with Crippen molar-refractivity contribution in [3.05, 3.63) is 10.4 Å². The minimum Gasteiger partial charge on any atom is -0.456 e. The molecule has 33 heavy (non-hydrogen) atoms. The summed E-state index contributed by atoms with van der Waals surface area (Å²) in [5, 5.41) is 15.5. The second-order valence-electron chi connectivity index (χ2n) is 7.36. The van der Waals surface area contributed by atoms with Crippen molar-refractivity contribution in [1.82, 2.24) is 5.32 Å². The first-order chi connectivity index (χ1) is 15.8. The number of nitrogens with one attached hydrogen (secondary N) is 1. The molecule has 0 saturated carbocycles. The van der Waals surface area contributed by atoms with Gasteiger partial charge in [0.05, 0.1) is 6.61 Å². The molecule has 2 unspecified atom stereocenters. The number of aliphatic hydroxyl groups is 1. The standard InChI is InChI=1S/C20H32N4O9/c1-4-7-14(27)31-18-12(11-25)30-20(33-16(29)9-6-3)17(23-13(26)10-22-24-21)19(18)32-15(28)8-5-2/h12,17-20,25H,4-11H2,1-3H3,(H,23,26)/t12?,17?,18-,19+,20-/m0/s1. The van der Waals surface area contributed by atoms with E-state index in [1.165, 1.54) is 0 Å². The van der Waals surface area contributed by atoms with Crippen LogP contribution in [0.5, 0.6) is 0 Å². The Bertz CT molecular complexity index is 726. The zero-order valence-electron chi connectivity index (χ0n) is 19.1. The molecule has 5 atom stereocenters. The first-order valence-corrected chi connectivity index (χ1v) is 11.0. The summed E-state index contributed by atoms with van der Waals surface area (Å²) in [5.74, 6) is -2.68. The van der Waals surface area contributed by atoms with Gasteiger partial charge >= 0.3 is 17.9 Å². The van der Waals surface area contributed by atoms with Gasteiger partial charge in [-0.15, -0.1) is 0 Å². The number of carbonyl (C=O) groups is 4. The Balaban J connectivity index is 3.35. The summed E-state index contributed by atoms with van der Waals surface area (Å²) in [6.07, 6.45) is -3.71. The van der Waals surface area contributed by atoms with Crippen molar-refractivity contribution in [3.8, 4) is 0 Å². The van der Waals surface area contributed by atoms with E-state index in [4.69, 9.17) is 24.5 Å². The van der Waals surface area contributed by atoms with E-state index >= 15 is 0 Å².